The van der Waals surface area contributed by atoms with Gasteiger partial charge in [-0.25, -0.2) is 4.98 Å². The monoisotopic (exact) mass is 352 g/mol. The van der Waals surface area contributed by atoms with Crippen LogP contribution in [-0.2, 0) is 0 Å². The maximum absolute atomic E-state index is 4.25. The number of piperidine rings is 1. The molecular weight excluding hydrogens is 324 g/mol. The number of hydrogen-bond donors (Lipinski definition) is 1. The van der Waals surface area contributed by atoms with Gasteiger partial charge in [-0.3, -0.25) is 9.88 Å². The van der Waals surface area contributed by atoms with E-state index >= 15 is 0 Å². The summed E-state index contributed by atoms with van der Waals surface area (Å²) >= 11 is 0. The fraction of sp³-hybridized carbons (Fsp3) is 0.500. The van der Waals surface area contributed by atoms with Crippen LogP contribution in [-0.4, -0.2) is 72.1 Å². The molecule has 2 aromatic rings. The van der Waals surface area contributed by atoms with Crippen molar-refractivity contribution in [1.82, 2.24) is 19.8 Å². The predicted molar refractivity (Wildman–Crippen MR) is 106 cm³/mol. The molecular formula is C20H28N6. The van der Waals surface area contributed by atoms with E-state index in [0.717, 1.165) is 30.6 Å². The molecule has 0 unspecified atom stereocenters. The minimum atomic E-state index is 0.762. The number of anilines is 3. The molecule has 2 aliphatic heterocycles. The number of hydrogen-bond acceptors (Lipinski definition) is 6. The van der Waals surface area contributed by atoms with E-state index < -0.39 is 0 Å². The number of nitrogens with zero attached hydrogens (tertiary/aromatic N) is 5. The van der Waals surface area contributed by atoms with E-state index in [2.05, 4.69) is 61.3 Å². The van der Waals surface area contributed by atoms with Crippen LogP contribution in [0.25, 0.3) is 0 Å². The normalized spacial score (nSPS) is 20.3. The van der Waals surface area contributed by atoms with Crippen LogP contribution in [0.2, 0.25) is 0 Å². The third kappa shape index (κ3) is 4.14. The van der Waals surface area contributed by atoms with Gasteiger partial charge in [-0.05, 0) is 44.2 Å². The lowest BCUT2D eigenvalue weighted by molar-refractivity contribution is 0.0982. The van der Waals surface area contributed by atoms with E-state index in [1.165, 1.54) is 44.7 Å². The summed E-state index contributed by atoms with van der Waals surface area (Å²) in [5.41, 5.74) is 2.35. The maximum Gasteiger partial charge on any atom is 0.148 e. The molecule has 0 aliphatic carbocycles. The number of piperazine rings is 1. The molecule has 1 aromatic heterocycles. The lowest BCUT2D eigenvalue weighted by atomic mass is 10.0. The Hall–Kier alpha value is -2.18. The van der Waals surface area contributed by atoms with Crippen molar-refractivity contribution >= 4 is 17.2 Å². The summed E-state index contributed by atoms with van der Waals surface area (Å²) in [6, 6.07) is 9.41. The summed E-state index contributed by atoms with van der Waals surface area (Å²) < 4.78 is 0. The molecule has 0 amide bonds. The minimum absolute atomic E-state index is 0.762. The second-order valence-corrected chi connectivity index (χ2v) is 7.32. The fourth-order valence-electron chi connectivity index (χ4n) is 3.94. The molecule has 4 rings (SSSR count). The SMILES string of the molecule is CN1CCN(C2CCN(c3ccc(Nc4cnccn4)cc3)CC2)CC1. The Morgan fingerprint density at radius 3 is 2.31 bits per heavy atom. The standard InChI is InChI=1S/C20H28N6/c1-24-12-14-26(15-13-24)19-6-10-25(11-7-19)18-4-2-17(3-5-18)23-20-16-21-8-9-22-20/h2-5,8-9,16,19H,6-7,10-15H2,1H3,(H,22,23). The first kappa shape index (κ1) is 17.2. The molecule has 3 heterocycles. The van der Waals surface area contributed by atoms with Gasteiger partial charge in [0.15, 0.2) is 0 Å². The molecule has 1 N–H and O–H groups in total. The van der Waals surface area contributed by atoms with Crippen molar-refractivity contribution in [2.75, 3.05) is 56.5 Å². The van der Waals surface area contributed by atoms with Crippen LogP contribution < -0.4 is 10.2 Å². The molecule has 6 heteroatoms. The van der Waals surface area contributed by atoms with Gasteiger partial charge < -0.3 is 15.1 Å². The summed E-state index contributed by atoms with van der Waals surface area (Å²) in [5.74, 6) is 0.772. The summed E-state index contributed by atoms with van der Waals surface area (Å²) in [6.45, 7) is 7.16. The highest BCUT2D eigenvalue weighted by Crippen LogP contribution is 2.25. The van der Waals surface area contributed by atoms with E-state index in [4.69, 9.17) is 0 Å². The molecule has 2 fully saturated rings. The first-order chi connectivity index (χ1) is 12.8. The smallest absolute Gasteiger partial charge is 0.148 e. The fourth-order valence-corrected chi connectivity index (χ4v) is 3.94. The van der Waals surface area contributed by atoms with Crippen LogP contribution in [0, 0.1) is 0 Å². The maximum atomic E-state index is 4.25. The zero-order valence-corrected chi connectivity index (χ0v) is 15.5. The van der Waals surface area contributed by atoms with Crippen LogP contribution in [0.3, 0.4) is 0 Å². The quantitative estimate of drug-likeness (QED) is 0.912. The Morgan fingerprint density at radius 2 is 1.65 bits per heavy atom. The topological polar surface area (TPSA) is 47.5 Å². The van der Waals surface area contributed by atoms with Crippen molar-refractivity contribution in [3.8, 4) is 0 Å². The molecule has 26 heavy (non-hydrogen) atoms. The van der Waals surface area contributed by atoms with Gasteiger partial charge in [0.1, 0.15) is 5.82 Å². The van der Waals surface area contributed by atoms with Crippen molar-refractivity contribution in [3.63, 3.8) is 0 Å². The summed E-state index contributed by atoms with van der Waals surface area (Å²) in [4.78, 5) is 16.0. The van der Waals surface area contributed by atoms with Crippen molar-refractivity contribution in [2.24, 2.45) is 0 Å². The molecule has 1 aromatic carbocycles. The number of likely N-dealkylation sites (N-methyl/N-ethyl adjacent to an activating group) is 1. The lowest BCUT2D eigenvalue weighted by Crippen LogP contribution is -2.52. The van der Waals surface area contributed by atoms with Gasteiger partial charge in [-0.2, -0.15) is 0 Å². The first-order valence-corrected chi connectivity index (χ1v) is 9.58. The van der Waals surface area contributed by atoms with E-state index in [1.807, 2.05) is 0 Å². The van der Waals surface area contributed by atoms with E-state index in [0.29, 0.717) is 0 Å². The van der Waals surface area contributed by atoms with E-state index in [9.17, 15) is 0 Å². The van der Waals surface area contributed by atoms with E-state index in [1.54, 1.807) is 18.6 Å². The van der Waals surface area contributed by atoms with Gasteiger partial charge in [-0.15, -0.1) is 0 Å². The second kappa shape index (κ2) is 8.01. The third-order valence-corrected chi connectivity index (χ3v) is 5.59. The number of nitrogens with one attached hydrogen (secondary N) is 1. The lowest BCUT2D eigenvalue weighted by Gasteiger charge is -2.42. The number of benzene rings is 1. The molecule has 0 radical (unpaired) electrons. The van der Waals surface area contributed by atoms with Crippen molar-refractivity contribution in [3.05, 3.63) is 42.9 Å². The Labute approximate surface area is 155 Å². The molecule has 0 spiro atoms. The minimum Gasteiger partial charge on any atom is -0.371 e. The van der Waals surface area contributed by atoms with Gasteiger partial charge in [0.05, 0.1) is 6.20 Å². The third-order valence-electron chi connectivity index (χ3n) is 5.59. The highest BCUT2D eigenvalue weighted by atomic mass is 15.3. The average molecular weight is 352 g/mol. The van der Waals surface area contributed by atoms with Crippen molar-refractivity contribution in [1.29, 1.82) is 0 Å². The average Bonchev–Trinajstić information content (AvgIpc) is 2.70. The zero-order valence-electron chi connectivity index (χ0n) is 15.5. The Kier molecular flexibility index (Phi) is 5.32. The Morgan fingerprint density at radius 1 is 0.923 bits per heavy atom. The summed E-state index contributed by atoms with van der Waals surface area (Å²) in [6.07, 6.45) is 7.64. The Bertz CT molecular complexity index is 673. The molecule has 2 aliphatic rings. The van der Waals surface area contributed by atoms with E-state index in [-0.39, 0.29) is 0 Å². The highest BCUT2D eigenvalue weighted by molar-refractivity contribution is 5.60. The van der Waals surface area contributed by atoms with Crippen LogP contribution in [0.5, 0.6) is 0 Å². The molecule has 138 valence electrons. The first-order valence-electron chi connectivity index (χ1n) is 9.58. The Balaban J connectivity index is 1.30. The van der Waals surface area contributed by atoms with Crippen molar-refractivity contribution < 1.29 is 0 Å². The predicted octanol–water partition coefficient (Wildman–Crippen LogP) is 2.44. The number of aromatic nitrogens is 2. The highest BCUT2D eigenvalue weighted by Gasteiger charge is 2.26. The zero-order chi connectivity index (χ0) is 17.8. The number of rotatable bonds is 4. The second-order valence-electron chi connectivity index (χ2n) is 7.32. The van der Waals surface area contributed by atoms with Gasteiger partial charge in [-0.1, -0.05) is 0 Å². The van der Waals surface area contributed by atoms with Crippen molar-refractivity contribution in [2.45, 2.75) is 18.9 Å². The van der Waals surface area contributed by atoms with Gasteiger partial charge in [0.25, 0.3) is 0 Å². The summed E-state index contributed by atoms with van der Waals surface area (Å²) in [5, 5.41) is 3.28. The molecule has 2 saturated heterocycles. The van der Waals surface area contributed by atoms with Gasteiger partial charge in [0.2, 0.25) is 0 Å². The molecule has 0 saturated carbocycles. The largest absolute Gasteiger partial charge is 0.371 e. The van der Waals surface area contributed by atoms with Crippen LogP contribution in [0.4, 0.5) is 17.2 Å². The van der Waals surface area contributed by atoms with Crippen LogP contribution in [0.1, 0.15) is 12.8 Å². The molecule has 0 atom stereocenters. The molecule has 6 nitrogen and oxygen atoms in total. The van der Waals surface area contributed by atoms with Gasteiger partial charge in [0, 0.05) is 69.1 Å². The van der Waals surface area contributed by atoms with Crippen LogP contribution >= 0.6 is 0 Å². The molecule has 0 bridgehead atoms. The summed E-state index contributed by atoms with van der Waals surface area (Å²) in [7, 11) is 2.23. The van der Waals surface area contributed by atoms with Gasteiger partial charge >= 0.3 is 0 Å². The van der Waals surface area contributed by atoms with Crippen LogP contribution in [0.15, 0.2) is 42.9 Å².